The van der Waals surface area contributed by atoms with Crippen molar-refractivity contribution in [3.8, 4) is 0 Å². The minimum atomic E-state index is 0.427. The summed E-state index contributed by atoms with van der Waals surface area (Å²) in [6.07, 6.45) is 21.5. The van der Waals surface area contributed by atoms with E-state index in [4.69, 9.17) is 0 Å². The molecular formula is C18H28N4. The molecule has 3 fully saturated rings. The zero-order valence-corrected chi connectivity index (χ0v) is 13.3. The van der Waals surface area contributed by atoms with E-state index < -0.39 is 0 Å². The summed E-state index contributed by atoms with van der Waals surface area (Å²) in [5.74, 6) is 3.06. The van der Waals surface area contributed by atoms with E-state index in [0.717, 1.165) is 23.7 Å². The molecule has 0 radical (unpaired) electrons. The number of rotatable bonds is 0. The third-order valence-corrected chi connectivity index (χ3v) is 6.71. The van der Waals surface area contributed by atoms with Crippen LogP contribution in [0.5, 0.6) is 0 Å². The summed E-state index contributed by atoms with van der Waals surface area (Å²) >= 11 is 0. The van der Waals surface area contributed by atoms with Gasteiger partial charge in [-0.05, 0) is 37.5 Å². The number of fused-ring (bicyclic) bond motifs is 6. The minimum Gasteiger partial charge on any atom is -0.295 e. The van der Waals surface area contributed by atoms with Crippen LogP contribution in [0.1, 0.15) is 51.4 Å². The number of nitrogens with one attached hydrogen (secondary N) is 2. The van der Waals surface area contributed by atoms with E-state index in [1.807, 2.05) is 0 Å². The molecule has 22 heavy (non-hydrogen) atoms. The first-order valence-electron chi connectivity index (χ1n) is 9.36. The third kappa shape index (κ3) is 2.04. The summed E-state index contributed by atoms with van der Waals surface area (Å²) in [6.45, 7) is 0. The lowest BCUT2D eigenvalue weighted by Gasteiger charge is -2.57. The van der Waals surface area contributed by atoms with Gasteiger partial charge >= 0.3 is 0 Å². The molecule has 4 nitrogen and oxygen atoms in total. The molecule has 2 N–H and O–H groups in total. The molecule has 0 amide bonds. The Balaban J connectivity index is 1.41. The molecular weight excluding hydrogens is 272 g/mol. The van der Waals surface area contributed by atoms with E-state index in [2.05, 4.69) is 45.4 Å². The fourth-order valence-electron chi connectivity index (χ4n) is 5.51. The quantitative estimate of drug-likeness (QED) is 0.720. The van der Waals surface area contributed by atoms with Crippen molar-refractivity contribution in [3.63, 3.8) is 0 Å². The summed E-state index contributed by atoms with van der Waals surface area (Å²) in [6, 6.07) is 0. The molecule has 2 aliphatic carbocycles. The van der Waals surface area contributed by atoms with Gasteiger partial charge in [0.15, 0.2) is 0 Å². The lowest BCUT2D eigenvalue weighted by atomic mass is 9.74. The highest BCUT2D eigenvalue weighted by atomic mass is 15.7. The molecule has 6 atom stereocenters. The first kappa shape index (κ1) is 13.4. The Labute approximate surface area is 133 Å². The van der Waals surface area contributed by atoms with Crippen molar-refractivity contribution in [1.82, 2.24) is 20.9 Å². The van der Waals surface area contributed by atoms with Gasteiger partial charge in [0.1, 0.15) is 12.3 Å². The number of allylic oxidation sites excluding steroid dienone is 2. The Bertz CT molecular complexity index is 443. The molecule has 0 aromatic rings. The molecule has 3 aliphatic heterocycles. The van der Waals surface area contributed by atoms with Gasteiger partial charge in [-0.2, -0.15) is 0 Å². The van der Waals surface area contributed by atoms with Gasteiger partial charge in [-0.3, -0.25) is 10.0 Å². The van der Waals surface area contributed by atoms with Crippen molar-refractivity contribution >= 4 is 0 Å². The van der Waals surface area contributed by atoms with Crippen LogP contribution in [0.15, 0.2) is 24.6 Å². The second kappa shape index (κ2) is 5.27. The zero-order chi connectivity index (χ0) is 14.5. The summed E-state index contributed by atoms with van der Waals surface area (Å²) in [7, 11) is 0. The van der Waals surface area contributed by atoms with Crippen molar-refractivity contribution in [2.75, 3.05) is 0 Å². The maximum atomic E-state index is 3.85. The van der Waals surface area contributed by atoms with Gasteiger partial charge in [0.2, 0.25) is 0 Å². The molecule has 0 spiro atoms. The molecule has 3 heterocycles. The molecule has 2 saturated carbocycles. The van der Waals surface area contributed by atoms with Crippen molar-refractivity contribution in [1.29, 1.82) is 0 Å². The molecule has 5 rings (SSSR count). The van der Waals surface area contributed by atoms with Crippen LogP contribution < -0.4 is 10.9 Å². The van der Waals surface area contributed by atoms with Crippen LogP contribution in [0.3, 0.4) is 0 Å². The summed E-state index contributed by atoms with van der Waals surface area (Å²) in [4.78, 5) is 0. The third-order valence-electron chi connectivity index (χ3n) is 6.71. The van der Waals surface area contributed by atoms with E-state index >= 15 is 0 Å². The van der Waals surface area contributed by atoms with Gasteiger partial charge in [-0.15, -0.1) is 0 Å². The minimum absolute atomic E-state index is 0.427. The topological polar surface area (TPSA) is 30.5 Å². The highest BCUT2D eigenvalue weighted by Gasteiger charge is 2.45. The average molecular weight is 300 g/mol. The van der Waals surface area contributed by atoms with Gasteiger partial charge in [-0.1, -0.05) is 37.8 Å². The van der Waals surface area contributed by atoms with Crippen LogP contribution in [0, 0.1) is 23.7 Å². The molecule has 4 heteroatoms. The van der Waals surface area contributed by atoms with E-state index in [9.17, 15) is 0 Å². The van der Waals surface area contributed by atoms with Gasteiger partial charge < -0.3 is 0 Å². The lowest BCUT2D eigenvalue weighted by Crippen LogP contribution is -2.74. The van der Waals surface area contributed by atoms with Gasteiger partial charge in [0, 0.05) is 24.2 Å². The van der Waals surface area contributed by atoms with Gasteiger partial charge in [0.25, 0.3) is 0 Å². The Morgan fingerprint density at radius 2 is 1.09 bits per heavy atom. The van der Waals surface area contributed by atoms with Crippen molar-refractivity contribution < 1.29 is 0 Å². The first-order chi connectivity index (χ1) is 10.9. The summed E-state index contributed by atoms with van der Waals surface area (Å²) in [5, 5.41) is 4.77. The fraction of sp³-hybridized carbons (Fsp3) is 0.778. The maximum Gasteiger partial charge on any atom is 0.115 e. The Hall–Kier alpha value is -1.00. The molecule has 6 unspecified atom stereocenters. The number of hydrazine groups is 2. The second-order valence-corrected chi connectivity index (χ2v) is 7.87. The number of hydrogen-bond donors (Lipinski definition) is 2. The smallest absolute Gasteiger partial charge is 0.115 e. The molecule has 0 aromatic carbocycles. The van der Waals surface area contributed by atoms with E-state index in [1.54, 1.807) is 0 Å². The van der Waals surface area contributed by atoms with Gasteiger partial charge in [0.05, 0.1) is 0 Å². The molecule has 0 aromatic heterocycles. The Morgan fingerprint density at radius 3 is 1.59 bits per heavy atom. The van der Waals surface area contributed by atoms with Crippen molar-refractivity contribution in [3.05, 3.63) is 24.6 Å². The van der Waals surface area contributed by atoms with Crippen molar-refractivity contribution in [2.24, 2.45) is 23.7 Å². The molecule has 0 bridgehead atoms. The summed E-state index contributed by atoms with van der Waals surface area (Å²) in [5.41, 5.74) is 7.70. The predicted molar refractivity (Wildman–Crippen MR) is 86.7 cm³/mol. The van der Waals surface area contributed by atoms with Crippen LogP contribution in [0.2, 0.25) is 0 Å². The zero-order valence-electron chi connectivity index (χ0n) is 13.3. The molecule has 120 valence electrons. The molecule has 5 aliphatic rings. The number of hydrogen-bond acceptors (Lipinski definition) is 4. The Morgan fingerprint density at radius 1 is 0.636 bits per heavy atom. The largest absolute Gasteiger partial charge is 0.295 e. The van der Waals surface area contributed by atoms with Crippen LogP contribution in [0.25, 0.3) is 0 Å². The van der Waals surface area contributed by atoms with E-state index in [0.29, 0.717) is 12.3 Å². The average Bonchev–Trinajstić information content (AvgIpc) is 2.60. The van der Waals surface area contributed by atoms with Crippen molar-refractivity contribution in [2.45, 2.75) is 63.7 Å². The highest BCUT2D eigenvalue weighted by Crippen LogP contribution is 2.41. The number of nitrogens with zero attached hydrogens (tertiary/aromatic N) is 2. The van der Waals surface area contributed by atoms with E-state index in [-0.39, 0.29) is 0 Å². The maximum absolute atomic E-state index is 3.85. The first-order valence-corrected chi connectivity index (χ1v) is 9.36. The molecule has 1 saturated heterocycles. The van der Waals surface area contributed by atoms with Crippen LogP contribution in [-0.4, -0.2) is 22.3 Å². The second-order valence-electron chi connectivity index (χ2n) is 7.87. The SMILES string of the molecule is C1=CN2NC3C4CCCCC4C=CN3NC2C2CCCCC12. The van der Waals surface area contributed by atoms with Crippen LogP contribution in [0.4, 0.5) is 0 Å². The van der Waals surface area contributed by atoms with Crippen LogP contribution >= 0.6 is 0 Å². The monoisotopic (exact) mass is 300 g/mol. The standard InChI is InChI=1S/C18H28N4/c1-3-7-15-13(5-1)9-11-21-17(15)19-22-12-10-14-6-2-4-8-16(14)18(22)20-21/h9-20H,1-8H2. The lowest BCUT2D eigenvalue weighted by molar-refractivity contribution is -0.113. The van der Waals surface area contributed by atoms with Crippen LogP contribution in [-0.2, 0) is 0 Å². The normalized spacial score (nSPS) is 46.5. The van der Waals surface area contributed by atoms with E-state index in [1.165, 1.54) is 51.4 Å². The predicted octanol–water partition coefficient (Wildman–Crippen LogP) is 2.93. The Kier molecular flexibility index (Phi) is 3.22. The van der Waals surface area contributed by atoms with Gasteiger partial charge in [-0.25, -0.2) is 10.9 Å². The highest BCUT2D eigenvalue weighted by molar-refractivity contribution is 5.09. The fourth-order valence-corrected chi connectivity index (χ4v) is 5.51. The summed E-state index contributed by atoms with van der Waals surface area (Å²) < 4.78 is 0.